The highest BCUT2D eigenvalue weighted by atomic mass is 19.1. The molecule has 0 bridgehead atoms. The van der Waals surface area contributed by atoms with Crippen molar-refractivity contribution in [1.29, 1.82) is 0 Å². The van der Waals surface area contributed by atoms with Crippen molar-refractivity contribution in [3.8, 4) is 11.5 Å². The number of nitrogens with zero attached hydrogens (tertiary/aromatic N) is 1. The first-order valence-electron chi connectivity index (χ1n) is 8.98. The molecular weight excluding hydrogens is 349 g/mol. The quantitative estimate of drug-likeness (QED) is 0.836. The van der Waals surface area contributed by atoms with E-state index in [-0.39, 0.29) is 11.8 Å². The maximum atomic E-state index is 14.4. The number of carboxylic acids is 1. The topological polar surface area (TPSA) is 59.0 Å². The number of para-hydroxylation sites is 1. The average Bonchev–Trinajstić information content (AvgIpc) is 2.69. The third-order valence-electron chi connectivity index (χ3n) is 5.09. The lowest BCUT2D eigenvalue weighted by atomic mass is 9.91. The van der Waals surface area contributed by atoms with Gasteiger partial charge in [0.05, 0.1) is 26.2 Å². The summed E-state index contributed by atoms with van der Waals surface area (Å²) in [5.74, 6) is -0.795. The van der Waals surface area contributed by atoms with Gasteiger partial charge in [0.15, 0.2) is 11.6 Å². The van der Waals surface area contributed by atoms with Gasteiger partial charge in [0, 0.05) is 12.1 Å². The highest BCUT2D eigenvalue weighted by Crippen LogP contribution is 2.38. The second kappa shape index (κ2) is 8.39. The molecule has 1 fully saturated rings. The third-order valence-corrected chi connectivity index (χ3v) is 5.09. The fourth-order valence-corrected chi connectivity index (χ4v) is 3.77. The molecule has 0 saturated carbocycles. The molecule has 1 saturated heterocycles. The van der Waals surface area contributed by atoms with Gasteiger partial charge in [0.1, 0.15) is 5.75 Å². The first-order chi connectivity index (χ1) is 13.0. The Balaban J connectivity index is 2.06. The summed E-state index contributed by atoms with van der Waals surface area (Å²) in [4.78, 5) is 13.6. The standard InChI is InChI=1S/C21H24FNO4/c1-26-18-8-4-3-7-16(18)20(14-9-10-19(27-2)17(22)12-14)23-11-5-6-15(13-23)21(24)25/h3-4,7-10,12,15,20H,5-6,11,13H2,1-2H3,(H,24,25)/t15-,20+/m0/s1. The van der Waals surface area contributed by atoms with Gasteiger partial charge in [-0.3, -0.25) is 9.69 Å². The van der Waals surface area contributed by atoms with Crippen molar-refractivity contribution in [1.82, 2.24) is 4.90 Å². The second-order valence-corrected chi connectivity index (χ2v) is 6.71. The van der Waals surface area contributed by atoms with E-state index in [1.54, 1.807) is 13.2 Å². The number of carboxylic acid groups (broad SMARTS) is 1. The summed E-state index contributed by atoms with van der Waals surface area (Å²) < 4.78 is 25.0. The van der Waals surface area contributed by atoms with Crippen molar-refractivity contribution < 1.29 is 23.8 Å². The number of benzene rings is 2. The average molecular weight is 373 g/mol. The van der Waals surface area contributed by atoms with E-state index < -0.39 is 17.7 Å². The summed E-state index contributed by atoms with van der Waals surface area (Å²) in [6, 6.07) is 12.2. The number of carbonyl (C=O) groups is 1. The molecule has 6 heteroatoms. The van der Waals surface area contributed by atoms with Crippen LogP contribution in [0.5, 0.6) is 11.5 Å². The number of hydrogen-bond acceptors (Lipinski definition) is 4. The second-order valence-electron chi connectivity index (χ2n) is 6.71. The van der Waals surface area contributed by atoms with Gasteiger partial charge in [-0.25, -0.2) is 4.39 Å². The van der Waals surface area contributed by atoms with E-state index in [1.807, 2.05) is 30.3 Å². The van der Waals surface area contributed by atoms with Crippen LogP contribution in [0.1, 0.15) is 30.0 Å². The van der Waals surface area contributed by atoms with Crippen LogP contribution >= 0.6 is 0 Å². The van der Waals surface area contributed by atoms with Crippen molar-refractivity contribution in [3.63, 3.8) is 0 Å². The number of hydrogen-bond donors (Lipinski definition) is 1. The van der Waals surface area contributed by atoms with E-state index in [1.165, 1.54) is 13.2 Å². The molecule has 144 valence electrons. The molecule has 0 aromatic heterocycles. The van der Waals surface area contributed by atoms with Crippen LogP contribution in [0.25, 0.3) is 0 Å². The van der Waals surface area contributed by atoms with Gasteiger partial charge in [-0.05, 0) is 43.1 Å². The van der Waals surface area contributed by atoms with Crippen LogP contribution in [0.2, 0.25) is 0 Å². The molecule has 2 aromatic carbocycles. The van der Waals surface area contributed by atoms with Crippen LogP contribution in [-0.4, -0.2) is 43.3 Å². The molecule has 0 aliphatic carbocycles. The summed E-state index contributed by atoms with van der Waals surface area (Å²) in [5, 5.41) is 9.46. The molecule has 27 heavy (non-hydrogen) atoms. The highest BCUT2D eigenvalue weighted by Gasteiger charge is 2.32. The monoisotopic (exact) mass is 373 g/mol. The predicted molar refractivity (Wildman–Crippen MR) is 99.7 cm³/mol. The van der Waals surface area contributed by atoms with Crippen LogP contribution in [0, 0.1) is 11.7 Å². The molecule has 3 rings (SSSR count). The number of ether oxygens (including phenoxy) is 2. The Bertz CT molecular complexity index is 811. The van der Waals surface area contributed by atoms with Crippen LogP contribution in [0.3, 0.4) is 0 Å². The number of likely N-dealkylation sites (tertiary alicyclic amines) is 1. The van der Waals surface area contributed by atoms with Crippen molar-refractivity contribution in [2.75, 3.05) is 27.3 Å². The van der Waals surface area contributed by atoms with Crippen molar-refractivity contribution in [3.05, 3.63) is 59.4 Å². The van der Waals surface area contributed by atoms with Gasteiger partial charge in [-0.15, -0.1) is 0 Å². The van der Waals surface area contributed by atoms with Gasteiger partial charge in [0.25, 0.3) is 0 Å². The molecule has 2 atom stereocenters. The van der Waals surface area contributed by atoms with E-state index >= 15 is 0 Å². The summed E-state index contributed by atoms with van der Waals surface area (Å²) in [7, 11) is 3.03. The van der Waals surface area contributed by atoms with Crippen LogP contribution in [0.4, 0.5) is 4.39 Å². The largest absolute Gasteiger partial charge is 0.496 e. The first-order valence-corrected chi connectivity index (χ1v) is 8.98. The predicted octanol–water partition coefficient (Wildman–Crippen LogP) is 3.73. The normalized spacial score (nSPS) is 18.7. The highest BCUT2D eigenvalue weighted by molar-refractivity contribution is 5.70. The molecule has 0 amide bonds. The number of rotatable bonds is 6. The fraction of sp³-hybridized carbons (Fsp3) is 0.381. The van der Waals surface area contributed by atoms with E-state index in [2.05, 4.69) is 4.90 Å². The molecule has 0 unspecified atom stereocenters. The lowest BCUT2D eigenvalue weighted by Gasteiger charge is -2.38. The molecule has 1 aliphatic rings. The van der Waals surface area contributed by atoms with Crippen LogP contribution in [0.15, 0.2) is 42.5 Å². The van der Waals surface area contributed by atoms with Gasteiger partial charge in [-0.1, -0.05) is 24.3 Å². The molecule has 1 aliphatic heterocycles. The van der Waals surface area contributed by atoms with E-state index in [9.17, 15) is 14.3 Å². The molecule has 5 nitrogen and oxygen atoms in total. The van der Waals surface area contributed by atoms with Gasteiger partial charge < -0.3 is 14.6 Å². The zero-order valence-corrected chi connectivity index (χ0v) is 15.5. The van der Waals surface area contributed by atoms with Crippen molar-refractivity contribution in [2.45, 2.75) is 18.9 Å². The number of methoxy groups -OCH3 is 2. The van der Waals surface area contributed by atoms with Crippen molar-refractivity contribution >= 4 is 5.97 Å². The Morgan fingerprint density at radius 3 is 2.59 bits per heavy atom. The number of piperidine rings is 1. The van der Waals surface area contributed by atoms with Gasteiger partial charge >= 0.3 is 5.97 Å². The molecule has 1 N–H and O–H groups in total. The Labute approximate surface area is 158 Å². The zero-order chi connectivity index (χ0) is 19.4. The minimum Gasteiger partial charge on any atom is -0.496 e. The first kappa shape index (κ1) is 19.2. The number of halogens is 1. The maximum absolute atomic E-state index is 14.4. The molecule has 1 heterocycles. The van der Waals surface area contributed by atoms with E-state index in [0.717, 1.165) is 24.1 Å². The lowest BCUT2D eigenvalue weighted by Crippen LogP contribution is -2.41. The lowest BCUT2D eigenvalue weighted by molar-refractivity contribution is -0.143. The Morgan fingerprint density at radius 2 is 1.93 bits per heavy atom. The SMILES string of the molecule is COc1ccc([C@H](c2ccccc2OC)N2CCC[C@H](C(=O)O)C2)cc1F. The zero-order valence-electron chi connectivity index (χ0n) is 15.5. The fourth-order valence-electron chi connectivity index (χ4n) is 3.77. The summed E-state index contributed by atoms with van der Waals surface area (Å²) in [6.45, 7) is 1.14. The molecule has 2 aromatic rings. The maximum Gasteiger partial charge on any atom is 0.307 e. The Morgan fingerprint density at radius 1 is 1.19 bits per heavy atom. The molecule has 0 radical (unpaired) electrons. The molecular formula is C21H24FNO4. The van der Waals surface area contributed by atoms with Gasteiger partial charge in [0.2, 0.25) is 0 Å². The minimum absolute atomic E-state index is 0.180. The summed E-state index contributed by atoms with van der Waals surface area (Å²) in [6.07, 6.45) is 1.43. The molecule has 0 spiro atoms. The van der Waals surface area contributed by atoms with E-state index in [4.69, 9.17) is 9.47 Å². The van der Waals surface area contributed by atoms with E-state index in [0.29, 0.717) is 18.7 Å². The Hall–Kier alpha value is -2.60. The third kappa shape index (κ3) is 4.06. The van der Waals surface area contributed by atoms with Crippen LogP contribution < -0.4 is 9.47 Å². The minimum atomic E-state index is -0.792. The van der Waals surface area contributed by atoms with Crippen LogP contribution in [-0.2, 0) is 4.79 Å². The summed E-state index contributed by atoms with van der Waals surface area (Å²) >= 11 is 0. The van der Waals surface area contributed by atoms with Crippen molar-refractivity contribution in [2.24, 2.45) is 5.92 Å². The summed E-state index contributed by atoms with van der Waals surface area (Å²) in [5.41, 5.74) is 1.62. The number of aliphatic carboxylic acids is 1. The Kier molecular flexibility index (Phi) is 5.96. The van der Waals surface area contributed by atoms with Gasteiger partial charge in [-0.2, -0.15) is 0 Å². The smallest absolute Gasteiger partial charge is 0.307 e.